The van der Waals surface area contributed by atoms with E-state index >= 15 is 0 Å². The number of anilines is 1. The number of rotatable bonds is 4. The van der Waals surface area contributed by atoms with Crippen molar-refractivity contribution in [2.24, 2.45) is 5.92 Å². The van der Waals surface area contributed by atoms with Gasteiger partial charge < -0.3 is 5.32 Å². The Bertz CT molecular complexity index is 318. The fourth-order valence-corrected chi connectivity index (χ4v) is 1.59. The number of halogens is 1. The van der Waals surface area contributed by atoms with E-state index < -0.39 is 0 Å². The van der Waals surface area contributed by atoms with Gasteiger partial charge in [0.15, 0.2) is 0 Å². The summed E-state index contributed by atoms with van der Waals surface area (Å²) in [5, 5.41) is 3.08. The Morgan fingerprint density at radius 1 is 1.20 bits per heavy atom. The van der Waals surface area contributed by atoms with E-state index in [9.17, 15) is 4.39 Å². The van der Waals surface area contributed by atoms with Crippen LogP contribution in [0.5, 0.6) is 0 Å². The lowest BCUT2D eigenvalue weighted by Gasteiger charge is -2.12. The topological polar surface area (TPSA) is 12.0 Å². The van der Waals surface area contributed by atoms with Crippen molar-refractivity contribution in [1.29, 1.82) is 0 Å². The molecule has 0 atom stereocenters. The summed E-state index contributed by atoms with van der Waals surface area (Å²) in [6.07, 6.45) is 0.929. The molecule has 1 nitrogen and oxygen atoms in total. The largest absolute Gasteiger partial charge is 0.381 e. The number of nitrogens with one attached hydrogen (secondary N) is 1. The van der Waals surface area contributed by atoms with Gasteiger partial charge in [-0.1, -0.05) is 19.9 Å². The van der Waals surface area contributed by atoms with E-state index in [0.717, 1.165) is 12.0 Å². The van der Waals surface area contributed by atoms with Crippen molar-refractivity contribution >= 4 is 5.69 Å². The zero-order valence-electron chi connectivity index (χ0n) is 9.97. The lowest BCUT2D eigenvalue weighted by molar-refractivity contribution is 0.613. The molecule has 84 valence electrons. The number of benzene rings is 1. The monoisotopic (exact) mass is 209 g/mol. The summed E-state index contributed by atoms with van der Waals surface area (Å²) < 4.78 is 13.6. The van der Waals surface area contributed by atoms with Crippen molar-refractivity contribution in [2.75, 3.05) is 5.32 Å². The zero-order chi connectivity index (χ0) is 11.4. The first-order valence-corrected chi connectivity index (χ1v) is 5.54. The van der Waals surface area contributed by atoms with Gasteiger partial charge in [0.2, 0.25) is 0 Å². The van der Waals surface area contributed by atoms with Crippen LogP contribution in [0.4, 0.5) is 10.1 Å². The van der Waals surface area contributed by atoms with E-state index in [-0.39, 0.29) is 11.9 Å². The van der Waals surface area contributed by atoms with E-state index in [1.165, 1.54) is 0 Å². The Morgan fingerprint density at radius 3 is 2.33 bits per heavy atom. The predicted octanol–water partition coefficient (Wildman–Crippen LogP) is 3.84. The Kier molecular flexibility index (Phi) is 4.13. The average molecular weight is 209 g/mol. The molecule has 0 aliphatic rings. The number of hydrogen-bond donors (Lipinski definition) is 1. The third kappa shape index (κ3) is 3.90. The minimum Gasteiger partial charge on any atom is -0.381 e. The normalized spacial score (nSPS) is 11.1. The first-order chi connectivity index (χ1) is 6.99. The van der Waals surface area contributed by atoms with E-state index in [0.29, 0.717) is 11.6 Å². The quantitative estimate of drug-likeness (QED) is 0.794. The molecule has 0 saturated heterocycles. The van der Waals surface area contributed by atoms with E-state index in [2.05, 4.69) is 19.2 Å². The molecule has 0 bridgehead atoms. The van der Waals surface area contributed by atoms with Crippen LogP contribution in [0.15, 0.2) is 18.2 Å². The number of hydrogen-bond acceptors (Lipinski definition) is 1. The molecule has 0 amide bonds. The standard InChI is InChI=1S/C13H20FN/c1-9(2)7-11-5-6-13(12(14)8-11)15-10(3)4/h5-6,8-10,15H,7H2,1-4H3. The molecule has 0 aromatic heterocycles. The molecule has 0 heterocycles. The third-order valence-corrected chi connectivity index (χ3v) is 2.12. The minimum absolute atomic E-state index is 0.151. The molecule has 0 spiro atoms. The van der Waals surface area contributed by atoms with Gasteiger partial charge in [-0.3, -0.25) is 0 Å². The molecular weight excluding hydrogens is 189 g/mol. The van der Waals surface area contributed by atoms with Gasteiger partial charge in [-0.2, -0.15) is 0 Å². The second kappa shape index (κ2) is 5.15. The van der Waals surface area contributed by atoms with Gasteiger partial charge in [-0.05, 0) is 43.9 Å². The van der Waals surface area contributed by atoms with Crippen molar-refractivity contribution in [3.8, 4) is 0 Å². The van der Waals surface area contributed by atoms with Gasteiger partial charge in [-0.25, -0.2) is 4.39 Å². The first-order valence-electron chi connectivity index (χ1n) is 5.54. The molecule has 0 aliphatic heterocycles. The summed E-state index contributed by atoms with van der Waals surface area (Å²) in [7, 11) is 0. The van der Waals surface area contributed by atoms with Crippen LogP contribution in [-0.4, -0.2) is 6.04 Å². The lowest BCUT2D eigenvalue weighted by atomic mass is 10.0. The minimum atomic E-state index is -0.151. The van der Waals surface area contributed by atoms with Gasteiger partial charge in [0.25, 0.3) is 0 Å². The average Bonchev–Trinajstić information content (AvgIpc) is 2.08. The predicted molar refractivity (Wildman–Crippen MR) is 63.7 cm³/mol. The van der Waals surface area contributed by atoms with Gasteiger partial charge >= 0.3 is 0 Å². The van der Waals surface area contributed by atoms with Crippen LogP contribution in [0.1, 0.15) is 33.3 Å². The summed E-state index contributed by atoms with van der Waals surface area (Å²) in [5.41, 5.74) is 1.66. The van der Waals surface area contributed by atoms with Crippen LogP contribution in [0.2, 0.25) is 0 Å². The van der Waals surface area contributed by atoms with Crippen LogP contribution in [0.25, 0.3) is 0 Å². The van der Waals surface area contributed by atoms with E-state index in [4.69, 9.17) is 0 Å². The molecular formula is C13H20FN. The fraction of sp³-hybridized carbons (Fsp3) is 0.538. The summed E-state index contributed by atoms with van der Waals surface area (Å²) in [6, 6.07) is 5.71. The molecule has 1 rings (SSSR count). The van der Waals surface area contributed by atoms with Crippen molar-refractivity contribution in [3.05, 3.63) is 29.6 Å². The maximum Gasteiger partial charge on any atom is 0.146 e. The van der Waals surface area contributed by atoms with Crippen LogP contribution < -0.4 is 5.32 Å². The molecule has 1 aromatic carbocycles. The molecule has 0 radical (unpaired) electrons. The summed E-state index contributed by atoms with van der Waals surface area (Å²) >= 11 is 0. The van der Waals surface area contributed by atoms with Crippen molar-refractivity contribution < 1.29 is 4.39 Å². The highest BCUT2D eigenvalue weighted by Gasteiger charge is 2.05. The summed E-state index contributed by atoms with van der Waals surface area (Å²) in [5.74, 6) is 0.412. The van der Waals surface area contributed by atoms with Crippen LogP contribution in [-0.2, 0) is 6.42 Å². The molecule has 15 heavy (non-hydrogen) atoms. The molecule has 0 saturated carbocycles. The van der Waals surface area contributed by atoms with Gasteiger partial charge in [0.1, 0.15) is 5.82 Å². The molecule has 1 aromatic rings. The molecule has 1 N–H and O–H groups in total. The van der Waals surface area contributed by atoms with Crippen molar-refractivity contribution in [3.63, 3.8) is 0 Å². The molecule has 0 fully saturated rings. The van der Waals surface area contributed by atoms with Crippen LogP contribution >= 0.6 is 0 Å². The third-order valence-electron chi connectivity index (χ3n) is 2.12. The van der Waals surface area contributed by atoms with Gasteiger partial charge in [0.05, 0.1) is 5.69 Å². The Morgan fingerprint density at radius 2 is 1.87 bits per heavy atom. The molecule has 2 heteroatoms. The Hall–Kier alpha value is -1.05. The Labute approximate surface area is 91.7 Å². The van der Waals surface area contributed by atoms with Gasteiger partial charge in [-0.15, -0.1) is 0 Å². The van der Waals surface area contributed by atoms with Crippen molar-refractivity contribution in [1.82, 2.24) is 0 Å². The maximum absolute atomic E-state index is 13.6. The summed E-state index contributed by atoms with van der Waals surface area (Å²) in [4.78, 5) is 0. The maximum atomic E-state index is 13.6. The highest BCUT2D eigenvalue weighted by molar-refractivity contribution is 5.46. The van der Waals surface area contributed by atoms with E-state index in [1.54, 1.807) is 6.07 Å². The van der Waals surface area contributed by atoms with E-state index in [1.807, 2.05) is 26.0 Å². The van der Waals surface area contributed by atoms with Crippen molar-refractivity contribution in [2.45, 2.75) is 40.2 Å². The van der Waals surface area contributed by atoms with Gasteiger partial charge in [0, 0.05) is 6.04 Å². The van der Waals surface area contributed by atoms with Crippen LogP contribution in [0, 0.1) is 11.7 Å². The second-order valence-electron chi connectivity index (χ2n) is 4.71. The highest BCUT2D eigenvalue weighted by Crippen LogP contribution is 2.18. The molecule has 0 unspecified atom stereocenters. The second-order valence-corrected chi connectivity index (χ2v) is 4.71. The zero-order valence-corrected chi connectivity index (χ0v) is 9.97. The van der Waals surface area contributed by atoms with Crippen LogP contribution in [0.3, 0.4) is 0 Å². The lowest BCUT2D eigenvalue weighted by Crippen LogP contribution is -2.11. The summed E-state index contributed by atoms with van der Waals surface area (Å²) in [6.45, 7) is 8.28. The first kappa shape index (κ1) is 12.0. The smallest absolute Gasteiger partial charge is 0.146 e. The Balaban J connectivity index is 2.78. The highest BCUT2D eigenvalue weighted by atomic mass is 19.1. The molecule has 0 aliphatic carbocycles. The fourth-order valence-electron chi connectivity index (χ4n) is 1.59. The SMILES string of the molecule is CC(C)Cc1ccc(NC(C)C)c(F)c1.